The Balaban J connectivity index is 0.958. The highest BCUT2D eigenvalue weighted by molar-refractivity contribution is 5.89. The molecule has 0 aromatic heterocycles. The van der Waals surface area contributed by atoms with Gasteiger partial charge in [0.1, 0.15) is 24.9 Å². The molecule has 0 aliphatic carbocycles. The average Bonchev–Trinajstić information content (AvgIpc) is 3.43. The van der Waals surface area contributed by atoms with Crippen molar-refractivity contribution in [2.75, 3.05) is 19.8 Å². The van der Waals surface area contributed by atoms with Crippen molar-refractivity contribution in [2.45, 2.75) is 82.9 Å². The topological polar surface area (TPSA) is 102 Å². The van der Waals surface area contributed by atoms with E-state index in [0.717, 1.165) is 62.2 Å². The van der Waals surface area contributed by atoms with Crippen LogP contribution in [-0.4, -0.2) is 67.4 Å². The molecule has 8 aromatic rings. The number of carbonyl (C=O) groups is 2. The van der Waals surface area contributed by atoms with Crippen LogP contribution in [-0.2, 0) is 66.1 Å². The Hall–Kier alpha value is -7.18. The number of ether oxygens (including phenoxy) is 7. The molecule has 0 N–H and O–H groups in total. The Bertz CT molecular complexity index is 2920. The minimum Gasteiger partial charge on any atom is -0.453 e. The second kappa shape index (κ2) is 25.8. The number of rotatable bonds is 23. The van der Waals surface area contributed by atoms with Crippen LogP contribution in [0, 0.1) is 0 Å². The van der Waals surface area contributed by atoms with Crippen molar-refractivity contribution in [3.8, 4) is 0 Å². The quantitative estimate of drug-likeness (QED) is 0.0458. The minimum atomic E-state index is -0.965. The van der Waals surface area contributed by atoms with Gasteiger partial charge in [-0.3, -0.25) is 0 Å². The maximum atomic E-state index is 14.1. The molecule has 368 valence electrons. The molecule has 1 fully saturated rings. The van der Waals surface area contributed by atoms with E-state index in [9.17, 15) is 9.59 Å². The molecule has 5 atom stereocenters. The van der Waals surface area contributed by atoms with Crippen molar-refractivity contribution in [1.82, 2.24) is 4.90 Å². The van der Waals surface area contributed by atoms with Crippen LogP contribution in [0.3, 0.4) is 0 Å². The molecule has 9 rings (SSSR count). The van der Waals surface area contributed by atoms with Crippen LogP contribution >= 0.6 is 0 Å². The summed E-state index contributed by atoms with van der Waals surface area (Å²) in [5.74, 6) is -0.519. The van der Waals surface area contributed by atoms with E-state index in [1.54, 1.807) is 29.2 Å². The lowest BCUT2D eigenvalue weighted by Gasteiger charge is -2.45. The van der Waals surface area contributed by atoms with Gasteiger partial charge in [-0.05, 0) is 92.9 Å². The highest BCUT2D eigenvalue weighted by Gasteiger charge is 2.50. The minimum absolute atomic E-state index is 0.0757. The summed E-state index contributed by atoms with van der Waals surface area (Å²) in [4.78, 5) is 29.4. The highest BCUT2D eigenvalue weighted by Crippen LogP contribution is 2.33. The molecule has 8 aromatic carbocycles. The van der Waals surface area contributed by atoms with E-state index < -0.39 is 36.7 Å². The molecule has 1 aliphatic heterocycles. The third kappa shape index (κ3) is 14.0. The fourth-order valence-corrected chi connectivity index (χ4v) is 8.96. The first-order chi connectivity index (χ1) is 35.5. The Morgan fingerprint density at radius 3 is 1.60 bits per heavy atom. The number of fused-ring (bicyclic) bond motifs is 2. The average molecular weight is 964 g/mol. The van der Waals surface area contributed by atoms with E-state index >= 15 is 0 Å². The van der Waals surface area contributed by atoms with Crippen LogP contribution in [0.25, 0.3) is 21.5 Å². The summed E-state index contributed by atoms with van der Waals surface area (Å²) in [6, 6.07) is 67.4. The second-order valence-corrected chi connectivity index (χ2v) is 18.1. The lowest BCUT2D eigenvalue weighted by atomic mass is 9.97. The van der Waals surface area contributed by atoms with Gasteiger partial charge in [-0.2, -0.15) is 0 Å². The molecule has 10 heteroatoms. The van der Waals surface area contributed by atoms with Gasteiger partial charge >= 0.3 is 12.1 Å². The van der Waals surface area contributed by atoms with E-state index in [-0.39, 0.29) is 32.5 Å². The van der Waals surface area contributed by atoms with Crippen molar-refractivity contribution < 1.29 is 42.7 Å². The lowest BCUT2D eigenvalue weighted by molar-refractivity contribution is -0.320. The number of benzene rings is 8. The molecule has 1 heterocycles. The number of esters is 1. The molecule has 10 nitrogen and oxygen atoms in total. The Kier molecular flexibility index (Phi) is 17.8. The Morgan fingerprint density at radius 2 is 0.986 bits per heavy atom. The van der Waals surface area contributed by atoms with Gasteiger partial charge in [0.2, 0.25) is 0 Å². The number of hydrogen-bond acceptors (Lipinski definition) is 9. The maximum Gasteiger partial charge on any atom is 0.410 e. The monoisotopic (exact) mass is 963 g/mol. The van der Waals surface area contributed by atoms with Crippen LogP contribution in [0.2, 0.25) is 0 Å². The predicted molar refractivity (Wildman–Crippen MR) is 279 cm³/mol. The first kappa shape index (κ1) is 49.8. The molecule has 0 radical (unpaired) electrons. The van der Waals surface area contributed by atoms with E-state index in [2.05, 4.69) is 60.7 Å². The third-order valence-corrected chi connectivity index (χ3v) is 12.8. The van der Waals surface area contributed by atoms with E-state index in [4.69, 9.17) is 33.2 Å². The predicted octanol–water partition coefficient (Wildman–Crippen LogP) is 12.7. The van der Waals surface area contributed by atoms with Crippen LogP contribution in [0.5, 0.6) is 0 Å². The van der Waals surface area contributed by atoms with Gasteiger partial charge in [-0.15, -0.1) is 0 Å². The van der Waals surface area contributed by atoms with E-state index in [1.165, 1.54) is 0 Å². The summed E-state index contributed by atoms with van der Waals surface area (Å²) >= 11 is 0. The third-order valence-electron chi connectivity index (χ3n) is 12.8. The van der Waals surface area contributed by atoms with Crippen LogP contribution in [0.15, 0.2) is 206 Å². The Morgan fingerprint density at radius 1 is 0.458 bits per heavy atom. The van der Waals surface area contributed by atoms with Crippen molar-refractivity contribution in [1.29, 1.82) is 0 Å². The number of nitrogens with zero attached hydrogens (tertiary/aromatic N) is 1. The second-order valence-electron chi connectivity index (χ2n) is 18.1. The summed E-state index contributed by atoms with van der Waals surface area (Å²) in [5, 5.41) is 4.42. The SMILES string of the molecule is O=C(O[C@@H]1[C@H](OCc2ccc3ccccc3c2)[C@@H](OCc2ccc3ccccc3c2)[C@@H](OCCCCCN(Cc2ccccc2)C(=O)OCc2ccccc2)O[C@@H]1COCc1ccccc1)c1ccccc1. The molecular weight excluding hydrogens is 903 g/mol. The summed E-state index contributed by atoms with van der Waals surface area (Å²) in [7, 11) is 0. The van der Waals surface area contributed by atoms with Gasteiger partial charge < -0.3 is 38.1 Å². The zero-order valence-electron chi connectivity index (χ0n) is 40.4. The zero-order valence-corrected chi connectivity index (χ0v) is 40.4. The van der Waals surface area contributed by atoms with Gasteiger partial charge in [0, 0.05) is 19.7 Å². The molecule has 0 bridgehead atoms. The molecule has 1 aliphatic rings. The molecular formula is C62H61NO9. The van der Waals surface area contributed by atoms with Crippen LogP contribution < -0.4 is 0 Å². The number of carbonyl (C=O) groups excluding carboxylic acids is 2. The van der Waals surface area contributed by atoms with Gasteiger partial charge in [0.15, 0.2) is 12.4 Å². The van der Waals surface area contributed by atoms with E-state index in [1.807, 2.05) is 121 Å². The van der Waals surface area contributed by atoms with Crippen molar-refractivity contribution in [3.63, 3.8) is 0 Å². The normalized spacial score (nSPS) is 17.6. The first-order valence-corrected chi connectivity index (χ1v) is 24.9. The number of hydrogen-bond donors (Lipinski definition) is 0. The van der Waals surface area contributed by atoms with Crippen molar-refractivity contribution in [2.24, 2.45) is 0 Å². The fraction of sp³-hybridized carbons (Fsp3) is 0.258. The molecule has 72 heavy (non-hydrogen) atoms. The van der Waals surface area contributed by atoms with Crippen LogP contribution in [0.4, 0.5) is 4.79 Å². The van der Waals surface area contributed by atoms with Crippen molar-refractivity contribution in [3.05, 3.63) is 240 Å². The molecule has 1 amide bonds. The van der Waals surface area contributed by atoms with Gasteiger partial charge in [0.25, 0.3) is 0 Å². The molecule has 0 spiro atoms. The molecule has 0 saturated carbocycles. The lowest BCUT2D eigenvalue weighted by Crippen LogP contribution is -2.62. The van der Waals surface area contributed by atoms with Crippen LogP contribution in [0.1, 0.15) is 57.4 Å². The summed E-state index contributed by atoms with van der Waals surface area (Å²) < 4.78 is 46.2. The van der Waals surface area contributed by atoms with Gasteiger partial charge in [-0.1, -0.05) is 182 Å². The maximum absolute atomic E-state index is 14.1. The Labute approximate surface area is 422 Å². The van der Waals surface area contributed by atoms with Gasteiger partial charge in [0.05, 0.1) is 32.0 Å². The van der Waals surface area contributed by atoms with Crippen molar-refractivity contribution >= 4 is 33.6 Å². The van der Waals surface area contributed by atoms with Gasteiger partial charge in [-0.25, -0.2) is 9.59 Å². The summed E-state index contributed by atoms with van der Waals surface area (Å²) in [6.45, 7) is 2.25. The largest absolute Gasteiger partial charge is 0.453 e. The number of unbranched alkanes of at least 4 members (excludes halogenated alkanes) is 2. The molecule has 1 saturated heterocycles. The zero-order chi connectivity index (χ0) is 49.2. The smallest absolute Gasteiger partial charge is 0.410 e. The fourth-order valence-electron chi connectivity index (χ4n) is 8.96. The highest BCUT2D eigenvalue weighted by atomic mass is 16.7. The number of amides is 1. The molecule has 0 unspecified atom stereocenters. The standard InChI is InChI=1S/C62H61NO9/c64-60(53-28-12-4-13-29-53)72-57-56(45-66-41-47-22-8-2-9-23-47)71-61(67-37-19-5-18-36-63(40-46-20-6-1-7-21-46)62(65)70-42-48-24-10-3-11-25-48)59(69-44-50-33-35-52-27-15-17-31-55(52)39-50)58(57)68-43-49-32-34-51-26-14-16-30-54(51)38-49/h1-4,6-17,20-35,38-39,56-59,61H,5,18-19,36-37,40-45H2/t56-,57+,58+,59-,61+/m1/s1. The van der Waals surface area contributed by atoms with E-state index in [0.29, 0.717) is 38.3 Å². The summed E-state index contributed by atoms with van der Waals surface area (Å²) in [5.41, 5.74) is 5.24. The summed E-state index contributed by atoms with van der Waals surface area (Å²) in [6.07, 6.45) is -2.64. The first-order valence-electron chi connectivity index (χ1n) is 24.9.